The Hall–Kier alpha value is -2.77. The lowest BCUT2D eigenvalue weighted by molar-refractivity contribution is 0.0916. The monoisotopic (exact) mass is 343 g/mol. The molecule has 0 fully saturated rings. The van der Waals surface area contributed by atoms with Gasteiger partial charge in [0.2, 0.25) is 0 Å². The second kappa shape index (κ2) is 7.20. The van der Waals surface area contributed by atoms with Crippen molar-refractivity contribution in [1.29, 1.82) is 0 Å². The van der Waals surface area contributed by atoms with Crippen molar-refractivity contribution in [3.8, 4) is 5.69 Å². The predicted octanol–water partition coefficient (Wildman–Crippen LogP) is 1.78. The lowest BCUT2D eigenvalue weighted by atomic mass is 10.1. The molecule has 8 heteroatoms. The molecule has 1 aromatic heterocycles. The molecule has 2 aromatic carbocycles. The molecule has 0 aliphatic heterocycles. The van der Waals surface area contributed by atoms with Crippen LogP contribution in [0.5, 0.6) is 0 Å². The zero-order valence-corrected chi connectivity index (χ0v) is 13.3. The fourth-order valence-electron chi connectivity index (χ4n) is 2.27. The van der Waals surface area contributed by atoms with Crippen LogP contribution >= 0.6 is 11.6 Å². The number of hydrogen-bond donors (Lipinski definition) is 2. The molecule has 0 spiro atoms. The van der Waals surface area contributed by atoms with Gasteiger partial charge in [-0.15, -0.1) is 5.10 Å². The Bertz CT molecular complexity index is 824. The van der Waals surface area contributed by atoms with Crippen LogP contribution in [0.4, 0.5) is 0 Å². The third-order valence-electron chi connectivity index (χ3n) is 3.50. The molecule has 1 atom stereocenters. The minimum atomic E-state index is -0.506. The number of carbonyl (C=O) groups is 1. The van der Waals surface area contributed by atoms with E-state index in [2.05, 4.69) is 20.8 Å². The second-order valence-electron chi connectivity index (χ2n) is 5.04. The number of rotatable bonds is 5. The lowest BCUT2D eigenvalue weighted by Crippen LogP contribution is -2.31. The molecule has 0 bridgehead atoms. The van der Waals surface area contributed by atoms with E-state index in [0.29, 0.717) is 11.3 Å². The van der Waals surface area contributed by atoms with Gasteiger partial charge in [-0.05, 0) is 34.2 Å². The van der Waals surface area contributed by atoms with Gasteiger partial charge in [0.05, 0.1) is 28.9 Å². The number of benzene rings is 2. The fourth-order valence-corrected chi connectivity index (χ4v) is 2.53. The van der Waals surface area contributed by atoms with Crippen molar-refractivity contribution in [3.05, 3.63) is 71.0 Å². The predicted molar refractivity (Wildman–Crippen MR) is 87.9 cm³/mol. The van der Waals surface area contributed by atoms with Crippen LogP contribution in [0.25, 0.3) is 5.69 Å². The van der Waals surface area contributed by atoms with E-state index in [4.69, 9.17) is 11.6 Å². The van der Waals surface area contributed by atoms with Gasteiger partial charge in [0.15, 0.2) is 0 Å². The maximum Gasteiger partial charge on any atom is 0.253 e. The first-order chi connectivity index (χ1) is 11.7. The van der Waals surface area contributed by atoms with E-state index in [9.17, 15) is 9.90 Å². The molecule has 2 N–H and O–H groups in total. The average molecular weight is 344 g/mol. The summed E-state index contributed by atoms with van der Waals surface area (Å²) >= 11 is 6.21. The van der Waals surface area contributed by atoms with Gasteiger partial charge < -0.3 is 10.4 Å². The molecule has 0 radical (unpaired) electrons. The van der Waals surface area contributed by atoms with Crippen LogP contribution in [0.2, 0.25) is 5.02 Å². The molecule has 0 aliphatic carbocycles. The van der Waals surface area contributed by atoms with Gasteiger partial charge in [0.25, 0.3) is 5.91 Å². The van der Waals surface area contributed by atoms with Gasteiger partial charge in [-0.3, -0.25) is 4.79 Å². The Kier molecular flexibility index (Phi) is 4.83. The number of halogens is 1. The van der Waals surface area contributed by atoms with Crippen molar-refractivity contribution in [3.63, 3.8) is 0 Å². The maximum absolute atomic E-state index is 12.5. The molecule has 3 aromatic rings. The Balaban J connectivity index is 1.80. The number of aromatic nitrogens is 4. The number of aliphatic hydroxyl groups excluding tert-OH is 1. The first-order valence-electron chi connectivity index (χ1n) is 7.18. The number of hydrogen-bond acceptors (Lipinski definition) is 5. The van der Waals surface area contributed by atoms with Crippen molar-refractivity contribution >= 4 is 17.5 Å². The fraction of sp³-hybridized carbons (Fsp3) is 0.125. The first kappa shape index (κ1) is 16.1. The van der Waals surface area contributed by atoms with Crippen LogP contribution in [0.3, 0.4) is 0 Å². The van der Waals surface area contributed by atoms with Crippen LogP contribution in [-0.2, 0) is 0 Å². The summed E-state index contributed by atoms with van der Waals surface area (Å²) in [5.41, 5.74) is 1.76. The summed E-state index contributed by atoms with van der Waals surface area (Å²) in [7, 11) is 0. The number of nitrogens with one attached hydrogen (secondary N) is 1. The number of tetrazole rings is 1. The van der Waals surface area contributed by atoms with Crippen LogP contribution in [0.15, 0.2) is 54.9 Å². The molecular weight excluding hydrogens is 330 g/mol. The molecule has 122 valence electrons. The van der Waals surface area contributed by atoms with Crippen molar-refractivity contribution in [2.45, 2.75) is 6.04 Å². The minimum absolute atomic E-state index is 0.212. The number of amides is 1. The van der Waals surface area contributed by atoms with E-state index < -0.39 is 6.04 Å². The Morgan fingerprint density at radius 2 is 2.04 bits per heavy atom. The highest BCUT2D eigenvalue weighted by molar-refractivity contribution is 6.34. The van der Waals surface area contributed by atoms with Crippen LogP contribution in [0, 0.1) is 0 Å². The summed E-state index contributed by atoms with van der Waals surface area (Å²) in [4.78, 5) is 12.5. The molecule has 7 nitrogen and oxygen atoms in total. The largest absolute Gasteiger partial charge is 0.394 e. The van der Waals surface area contributed by atoms with Crippen molar-refractivity contribution < 1.29 is 9.90 Å². The molecule has 1 heterocycles. The summed E-state index contributed by atoms with van der Waals surface area (Å²) in [5, 5.41) is 23.5. The van der Waals surface area contributed by atoms with Gasteiger partial charge in [-0.25, -0.2) is 4.68 Å². The third-order valence-corrected chi connectivity index (χ3v) is 3.81. The highest BCUT2D eigenvalue weighted by Crippen LogP contribution is 2.21. The van der Waals surface area contributed by atoms with Crippen molar-refractivity contribution in [2.75, 3.05) is 6.61 Å². The highest BCUT2D eigenvalue weighted by Gasteiger charge is 2.17. The average Bonchev–Trinajstić information content (AvgIpc) is 3.14. The van der Waals surface area contributed by atoms with Gasteiger partial charge >= 0.3 is 0 Å². The van der Waals surface area contributed by atoms with E-state index in [1.165, 1.54) is 11.0 Å². The van der Waals surface area contributed by atoms with Crippen molar-refractivity contribution in [1.82, 2.24) is 25.5 Å². The molecule has 1 unspecified atom stereocenters. The minimum Gasteiger partial charge on any atom is -0.394 e. The second-order valence-corrected chi connectivity index (χ2v) is 5.45. The SMILES string of the molecule is O=C(NC(CO)c1ccccc1)c1ccc(-n2cnnn2)cc1Cl. The van der Waals surface area contributed by atoms with E-state index >= 15 is 0 Å². The van der Waals surface area contributed by atoms with E-state index in [-0.39, 0.29) is 17.5 Å². The maximum atomic E-state index is 12.5. The van der Waals surface area contributed by atoms with E-state index in [1.807, 2.05) is 30.3 Å². The smallest absolute Gasteiger partial charge is 0.253 e. The Morgan fingerprint density at radius 3 is 2.67 bits per heavy atom. The third kappa shape index (κ3) is 3.42. The van der Waals surface area contributed by atoms with Gasteiger partial charge in [0, 0.05) is 0 Å². The molecule has 0 saturated heterocycles. The number of carbonyl (C=O) groups excluding carboxylic acids is 1. The summed E-state index contributed by atoms with van der Waals surface area (Å²) < 4.78 is 1.44. The molecule has 1 amide bonds. The topological polar surface area (TPSA) is 92.9 Å². The molecule has 0 saturated carbocycles. The molecule has 0 aliphatic rings. The van der Waals surface area contributed by atoms with Crippen LogP contribution in [-0.4, -0.2) is 37.8 Å². The van der Waals surface area contributed by atoms with Crippen molar-refractivity contribution in [2.24, 2.45) is 0 Å². The number of aliphatic hydroxyl groups is 1. The van der Waals surface area contributed by atoms with Gasteiger partial charge in [-0.1, -0.05) is 41.9 Å². The standard InChI is InChI=1S/C16H14ClN5O2/c17-14-8-12(22-10-18-20-21-22)6-7-13(14)16(24)19-15(9-23)11-4-2-1-3-5-11/h1-8,10,15,23H,9H2,(H,19,24). The normalized spacial score (nSPS) is 11.9. The van der Waals surface area contributed by atoms with Gasteiger partial charge in [0.1, 0.15) is 6.33 Å². The summed E-state index contributed by atoms with van der Waals surface area (Å²) in [6.07, 6.45) is 1.43. The summed E-state index contributed by atoms with van der Waals surface area (Å²) in [6.45, 7) is -0.212. The highest BCUT2D eigenvalue weighted by atomic mass is 35.5. The first-order valence-corrected chi connectivity index (χ1v) is 7.56. The molecule has 3 rings (SSSR count). The van der Waals surface area contributed by atoms with E-state index in [1.54, 1.807) is 18.2 Å². The zero-order valence-electron chi connectivity index (χ0n) is 12.5. The van der Waals surface area contributed by atoms with Crippen LogP contribution < -0.4 is 5.32 Å². The quantitative estimate of drug-likeness (QED) is 0.736. The molecule has 24 heavy (non-hydrogen) atoms. The lowest BCUT2D eigenvalue weighted by Gasteiger charge is -2.17. The summed E-state index contributed by atoms with van der Waals surface area (Å²) in [6, 6.07) is 13.6. The summed E-state index contributed by atoms with van der Waals surface area (Å²) in [5.74, 6) is -0.369. The Labute approximate surface area is 142 Å². The molecular formula is C16H14ClN5O2. The van der Waals surface area contributed by atoms with Crippen LogP contribution in [0.1, 0.15) is 22.0 Å². The van der Waals surface area contributed by atoms with Gasteiger partial charge in [-0.2, -0.15) is 0 Å². The Morgan fingerprint density at radius 1 is 1.25 bits per heavy atom. The number of nitrogens with zero attached hydrogens (tertiary/aromatic N) is 4. The van der Waals surface area contributed by atoms with E-state index in [0.717, 1.165) is 5.56 Å². The zero-order chi connectivity index (χ0) is 16.9.